The summed E-state index contributed by atoms with van der Waals surface area (Å²) in [6.07, 6.45) is 6.17. The predicted octanol–water partition coefficient (Wildman–Crippen LogP) is -0.829. The van der Waals surface area contributed by atoms with Gasteiger partial charge in [-0.3, -0.25) is 19.2 Å². The molecule has 14 nitrogen and oxygen atoms in total. The lowest BCUT2D eigenvalue weighted by atomic mass is 10.0. The van der Waals surface area contributed by atoms with E-state index in [0.717, 1.165) is 16.5 Å². The van der Waals surface area contributed by atoms with E-state index in [-0.39, 0.29) is 19.3 Å². The number of aliphatic carboxylic acids is 1. The number of carbonyl (C=O) groups is 5. The van der Waals surface area contributed by atoms with Crippen LogP contribution in [0.4, 0.5) is 0 Å². The Hall–Kier alpha value is -4.37. The first-order chi connectivity index (χ1) is 19.6. The maximum absolute atomic E-state index is 13.5. The first-order valence-corrected chi connectivity index (χ1v) is 14.2. The number of nitrogens with zero attached hydrogens (tertiary/aromatic N) is 1. The van der Waals surface area contributed by atoms with Crippen LogP contribution < -0.4 is 27.4 Å². The maximum atomic E-state index is 13.5. The van der Waals surface area contributed by atoms with E-state index < -0.39 is 60.2 Å². The van der Waals surface area contributed by atoms with Gasteiger partial charge in [0, 0.05) is 41.8 Å². The normalized spacial score (nSPS) is 14.0. The number of hydrogen-bond donors (Lipinski definition) is 8. The molecule has 0 aliphatic heterocycles. The van der Waals surface area contributed by atoms with Gasteiger partial charge in [-0.05, 0) is 30.1 Å². The second kappa shape index (κ2) is 14.9. The van der Waals surface area contributed by atoms with Crippen molar-refractivity contribution in [3.63, 3.8) is 0 Å². The van der Waals surface area contributed by atoms with Crippen LogP contribution in [0.25, 0.3) is 10.9 Å². The number of fused-ring (bicyclic) bond motifs is 1. The zero-order valence-corrected chi connectivity index (χ0v) is 23.2. The fourth-order valence-electron chi connectivity index (χ4n) is 4.18. The van der Waals surface area contributed by atoms with Crippen molar-refractivity contribution in [2.45, 2.75) is 49.9 Å². The van der Waals surface area contributed by atoms with Crippen molar-refractivity contribution >= 4 is 52.3 Å². The molecule has 0 saturated carbocycles. The van der Waals surface area contributed by atoms with Crippen molar-refractivity contribution < 1.29 is 29.1 Å². The van der Waals surface area contributed by atoms with Crippen molar-refractivity contribution in [2.24, 2.45) is 11.5 Å². The van der Waals surface area contributed by atoms with Gasteiger partial charge in [0.1, 0.15) is 18.1 Å². The molecule has 4 atom stereocenters. The van der Waals surface area contributed by atoms with Crippen molar-refractivity contribution in [2.75, 3.05) is 12.0 Å². The van der Waals surface area contributed by atoms with Gasteiger partial charge >= 0.3 is 5.97 Å². The van der Waals surface area contributed by atoms with Crippen LogP contribution in [-0.2, 0) is 36.8 Å². The average molecular weight is 587 g/mol. The van der Waals surface area contributed by atoms with Crippen molar-refractivity contribution in [3.05, 3.63) is 54.2 Å². The molecule has 0 bridgehead atoms. The van der Waals surface area contributed by atoms with Crippen LogP contribution in [0.2, 0.25) is 0 Å². The van der Waals surface area contributed by atoms with Gasteiger partial charge in [0.25, 0.3) is 0 Å². The third-order valence-electron chi connectivity index (χ3n) is 6.33. The Morgan fingerprint density at radius 1 is 0.976 bits per heavy atom. The predicted molar refractivity (Wildman–Crippen MR) is 153 cm³/mol. The first-order valence-electron chi connectivity index (χ1n) is 12.8. The van der Waals surface area contributed by atoms with E-state index in [9.17, 15) is 29.1 Å². The number of amides is 4. The number of aromatic nitrogens is 3. The Kier molecular flexibility index (Phi) is 11.3. The summed E-state index contributed by atoms with van der Waals surface area (Å²) < 4.78 is 0. The number of imidazole rings is 1. The second-order valence-corrected chi connectivity index (χ2v) is 10.4. The molecular weight excluding hydrogens is 552 g/mol. The fraction of sp³-hybridized carbons (Fsp3) is 0.385. The highest BCUT2D eigenvalue weighted by molar-refractivity contribution is 7.98. The number of carboxylic acid groups (broad SMARTS) is 1. The largest absolute Gasteiger partial charge is 0.480 e. The molecule has 220 valence electrons. The molecule has 10 N–H and O–H groups in total. The van der Waals surface area contributed by atoms with Crippen LogP contribution in [0.3, 0.4) is 0 Å². The molecule has 0 aliphatic rings. The number of carboxylic acids is 1. The van der Waals surface area contributed by atoms with Crippen LogP contribution in [0.1, 0.15) is 24.1 Å². The lowest BCUT2D eigenvalue weighted by molar-refractivity contribution is -0.142. The number of thioether (sulfide) groups is 1. The summed E-state index contributed by atoms with van der Waals surface area (Å²) in [6.45, 7) is 0. The summed E-state index contributed by atoms with van der Waals surface area (Å²) in [4.78, 5) is 72.4. The highest BCUT2D eigenvalue weighted by atomic mass is 32.2. The minimum absolute atomic E-state index is 0.0301. The third-order valence-corrected chi connectivity index (χ3v) is 6.97. The Labute approximate surface area is 239 Å². The highest BCUT2D eigenvalue weighted by Gasteiger charge is 2.31. The second-order valence-electron chi connectivity index (χ2n) is 9.42. The minimum atomic E-state index is -1.30. The quantitative estimate of drug-likeness (QED) is 0.104. The summed E-state index contributed by atoms with van der Waals surface area (Å²) in [5.74, 6) is -3.67. The number of rotatable bonds is 16. The summed E-state index contributed by atoms with van der Waals surface area (Å²) in [6, 6.07) is 2.58. The van der Waals surface area contributed by atoms with Crippen molar-refractivity contribution in [3.8, 4) is 0 Å². The highest BCUT2D eigenvalue weighted by Crippen LogP contribution is 2.19. The van der Waals surface area contributed by atoms with Crippen LogP contribution in [0, 0.1) is 0 Å². The number of carbonyl (C=O) groups excluding carboxylic acids is 4. The van der Waals surface area contributed by atoms with E-state index in [1.165, 1.54) is 24.3 Å². The standard InChI is InChI=1S/C26H34N8O6S/c1-41-7-6-19(32-23(36)17(27)10-22(28)35)24(37)33-20(8-14-11-30-18-5-3-2-4-16(14)18)25(38)34-21(26(39)40)9-15-12-29-13-31-15/h2-5,11-13,17,19-21,30H,6-10,27H2,1H3,(H2,28,35)(H,29,31)(H,32,36)(H,33,37)(H,34,38)(H,39,40). The van der Waals surface area contributed by atoms with Crippen LogP contribution in [-0.4, -0.2) is 85.8 Å². The zero-order chi connectivity index (χ0) is 29.9. The Morgan fingerprint density at radius 3 is 2.32 bits per heavy atom. The summed E-state index contributed by atoms with van der Waals surface area (Å²) in [5.41, 5.74) is 12.9. The van der Waals surface area contributed by atoms with E-state index in [0.29, 0.717) is 11.4 Å². The van der Waals surface area contributed by atoms with Gasteiger partial charge in [-0.2, -0.15) is 11.8 Å². The van der Waals surface area contributed by atoms with Gasteiger partial charge in [-0.15, -0.1) is 0 Å². The molecule has 0 radical (unpaired) electrons. The third kappa shape index (κ3) is 9.08. The van der Waals surface area contributed by atoms with Gasteiger partial charge in [-0.1, -0.05) is 18.2 Å². The molecule has 0 aliphatic carbocycles. The number of hydrogen-bond acceptors (Lipinski definition) is 8. The van der Waals surface area contributed by atoms with Gasteiger partial charge in [0.15, 0.2) is 0 Å². The Bertz CT molecular complexity index is 1360. The number of nitrogens with two attached hydrogens (primary N) is 2. The molecule has 15 heteroatoms. The van der Waals surface area contributed by atoms with Crippen molar-refractivity contribution in [1.29, 1.82) is 0 Å². The van der Waals surface area contributed by atoms with Crippen LogP contribution in [0.5, 0.6) is 0 Å². The zero-order valence-electron chi connectivity index (χ0n) is 22.4. The fourth-order valence-corrected chi connectivity index (χ4v) is 4.65. The summed E-state index contributed by atoms with van der Waals surface area (Å²) >= 11 is 1.44. The molecule has 4 unspecified atom stereocenters. The lowest BCUT2D eigenvalue weighted by Gasteiger charge is -2.25. The molecule has 1 aromatic carbocycles. The molecule has 2 heterocycles. The SMILES string of the molecule is CSCCC(NC(=O)C(N)CC(N)=O)C(=O)NC(Cc1c[nH]c2ccccc12)C(=O)NC(Cc1cnc[nH]1)C(=O)O. The van der Waals surface area contributed by atoms with E-state index in [1.807, 2.05) is 30.5 Å². The number of nitrogens with one attached hydrogen (secondary N) is 5. The molecule has 0 fully saturated rings. The van der Waals surface area contributed by atoms with Crippen LogP contribution >= 0.6 is 11.8 Å². The lowest BCUT2D eigenvalue weighted by Crippen LogP contribution is -2.58. The van der Waals surface area contributed by atoms with Gasteiger partial charge in [0.05, 0.1) is 18.8 Å². The number of para-hydroxylation sites is 1. The molecule has 0 saturated heterocycles. The summed E-state index contributed by atoms with van der Waals surface area (Å²) in [5, 5.41) is 18.3. The number of primary amides is 1. The molecule has 4 amide bonds. The summed E-state index contributed by atoms with van der Waals surface area (Å²) in [7, 11) is 0. The van der Waals surface area contributed by atoms with E-state index in [4.69, 9.17) is 11.5 Å². The first kappa shape index (κ1) is 31.2. The van der Waals surface area contributed by atoms with Crippen LogP contribution in [0.15, 0.2) is 43.0 Å². The smallest absolute Gasteiger partial charge is 0.326 e. The minimum Gasteiger partial charge on any atom is -0.480 e. The maximum Gasteiger partial charge on any atom is 0.326 e. The molecule has 2 aromatic heterocycles. The molecule has 3 rings (SSSR count). The number of H-pyrrole nitrogens is 2. The van der Waals surface area contributed by atoms with Gasteiger partial charge in [-0.25, -0.2) is 9.78 Å². The Morgan fingerprint density at radius 2 is 1.66 bits per heavy atom. The topological polar surface area (TPSA) is 238 Å². The van der Waals surface area contributed by atoms with E-state index >= 15 is 0 Å². The molecule has 0 spiro atoms. The van der Waals surface area contributed by atoms with Gasteiger partial charge in [0.2, 0.25) is 23.6 Å². The number of benzene rings is 1. The van der Waals surface area contributed by atoms with E-state index in [1.54, 1.807) is 6.20 Å². The van der Waals surface area contributed by atoms with E-state index in [2.05, 4.69) is 30.9 Å². The Balaban J connectivity index is 1.84. The molecule has 3 aromatic rings. The number of aromatic amines is 2. The van der Waals surface area contributed by atoms with Gasteiger partial charge < -0.3 is 42.5 Å². The average Bonchev–Trinajstić information content (AvgIpc) is 3.59. The molecular formula is C26H34N8O6S. The molecule has 41 heavy (non-hydrogen) atoms. The monoisotopic (exact) mass is 586 g/mol. The van der Waals surface area contributed by atoms with Crippen molar-refractivity contribution in [1.82, 2.24) is 30.9 Å².